The van der Waals surface area contributed by atoms with E-state index in [0.717, 1.165) is 17.5 Å². The fraction of sp³-hybridized carbons (Fsp3) is 0.400. The quantitative estimate of drug-likeness (QED) is 0.127. The molecule has 1 heterocycles. The molecule has 0 aliphatic heterocycles. The molecule has 14 heteroatoms. The zero-order valence-corrected chi connectivity index (χ0v) is 24.9. The van der Waals surface area contributed by atoms with Crippen LogP contribution in [-0.2, 0) is 32.2 Å². The molecule has 0 spiro atoms. The Labute approximate surface area is 254 Å². The van der Waals surface area contributed by atoms with E-state index in [1.165, 1.54) is 24.0 Å². The van der Waals surface area contributed by atoms with Gasteiger partial charge in [0.1, 0.15) is 17.9 Å². The lowest BCUT2D eigenvalue weighted by atomic mass is 10.1. The number of carboxylic acid groups (broad SMARTS) is 1. The second kappa shape index (κ2) is 16.5. The van der Waals surface area contributed by atoms with Crippen molar-refractivity contribution in [1.29, 1.82) is 0 Å². The number of nitrogens with one attached hydrogen (secondary N) is 4. The number of esters is 1. The highest BCUT2D eigenvalue weighted by Gasteiger charge is 2.24. The van der Waals surface area contributed by atoms with E-state index in [4.69, 9.17) is 9.47 Å². The third-order valence-electron chi connectivity index (χ3n) is 6.42. The largest absolute Gasteiger partial charge is 0.480 e. The minimum absolute atomic E-state index is 0.1000. The van der Waals surface area contributed by atoms with Gasteiger partial charge >= 0.3 is 24.1 Å². The number of unbranched alkanes of at least 4 members (excludes halogenated alkanes) is 1. The maximum Gasteiger partial charge on any atom is 0.407 e. The van der Waals surface area contributed by atoms with E-state index in [0.29, 0.717) is 17.8 Å². The number of carbonyl (C=O) groups is 5. The number of fused-ring (bicyclic) bond motifs is 1. The van der Waals surface area contributed by atoms with Crippen LogP contribution in [0.15, 0.2) is 48.5 Å². The fourth-order valence-corrected chi connectivity index (χ4v) is 4.04. The molecule has 236 valence electrons. The van der Waals surface area contributed by atoms with Crippen molar-refractivity contribution < 1.29 is 38.6 Å². The number of aromatic amines is 1. The molecule has 0 radical (unpaired) electrons. The van der Waals surface area contributed by atoms with Crippen molar-refractivity contribution in [1.82, 2.24) is 30.8 Å². The molecule has 0 fully saturated rings. The van der Waals surface area contributed by atoms with E-state index in [-0.39, 0.29) is 38.4 Å². The number of aromatic nitrogens is 2. The molecule has 5 N–H and O–H groups in total. The molecule has 2 unspecified atom stereocenters. The number of hydrogen-bond acceptors (Lipinski definition) is 8. The Kier molecular flexibility index (Phi) is 12.5. The van der Waals surface area contributed by atoms with Gasteiger partial charge in [0.05, 0.1) is 30.8 Å². The Morgan fingerprint density at radius 3 is 2.36 bits per heavy atom. The van der Waals surface area contributed by atoms with E-state index in [2.05, 4.69) is 25.9 Å². The van der Waals surface area contributed by atoms with Gasteiger partial charge in [-0.2, -0.15) is 0 Å². The van der Waals surface area contributed by atoms with Crippen LogP contribution in [0.3, 0.4) is 0 Å². The summed E-state index contributed by atoms with van der Waals surface area (Å²) in [6.45, 7) is 5.33. The van der Waals surface area contributed by atoms with E-state index < -0.39 is 42.1 Å². The second-order valence-electron chi connectivity index (χ2n) is 9.91. The lowest BCUT2D eigenvalue weighted by molar-refractivity contribution is -0.145. The molecule has 3 rings (SSSR count). The zero-order chi connectivity index (χ0) is 32.1. The highest BCUT2D eigenvalue weighted by atomic mass is 16.5. The van der Waals surface area contributed by atoms with Crippen molar-refractivity contribution in [2.24, 2.45) is 0 Å². The van der Waals surface area contributed by atoms with Crippen LogP contribution >= 0.6 is 0 Å². The van der Waals surface area contributed by atoms with Gasteiger partial charge in [0, 0.05) is 18.7 Å². The number of aliphatic carboxylic acids is 1. The molecule has 44 heavy (non-hydrogen) atoms. The Morgan fingerprint density at radius 1 is 0.977 bits per heavy atom. The molecular weight excluding hydrogens is 572 g/mol. The molecule has 2 atom stereocenters. The predicted octanol–water partition coefficient (Wildman–Crippen LogP) is 2.94. The number of carbonyl (C=O) groups excluding carboxylic acids is 4. The van der Waals surface area contributed by atoms with Gasteiger partial charge in [0.2, 0.25) is 0 Å². The Hall–Kier alpha value is -5.14. The number of benzene rings is 2. The summed E-state index contributed by atoms with van der Waals surface area (Å²) < 4.78 is 9.92. The van der Waals surface area contributed by atoms with Gasteiger partial charge in [0.15, 0.2) is 0 Å². The van der Waals surface area contributed by atoms with E-state index in [1.807, 2.05) is 31.2 Å². The Bertz CT molecular complexity index is 1410. The van der Waals surface area contributed by atoms with Crippen molar-refractivity contribution in [2.75, 3.05) is 19.8 Å². The van der Waals surface area contributed by atoms with E-state index in [1.54, 1.807) is 19.1 Å². The summed E-state index contributed by atoms with van der Waals surface area (Å²) in [5.74, 6) is -1.90. The number of H-pyrrole nitrogens is 1. The molecule has 0 saturated heterocycles. The number of urea groups is 1. The van der Waals surface area contributed by atoms with Crippen molar-refractivity contribution in [3.63, 3.8) is 0 Å². The average Bonchev–Trinajstić information content (AvgIpc) is 3.41. The highest BCUT2D eigenvalue weighted by Crippen LogP contribution is 2.15. The lowest BCUT2D eigenvalue weighted by Gasteiger charge is -2.24. The minimum Gasteiger partial charge on any atom is -0.480 e. The molecular formula is C30H38N6O8. The Balaban J connectivity index is 1.66. The first-order chi connectivity index (χ1) is 21.1. The third kappa shape index (κ3) is 10.00. The topological polar surface area (TPSA) is 192 Å². The second-order valence-corrected chi connectivity index (χ2v) is 9.91. The zero-order valence-electron chi connectivity index (χ0n) is 24.9. The van der Waals surface area contributed by atoms with Crippen LogP contribution in [-0.4, -0.2) is 81.8 Å². The smallest absolute Gasteiger partial charge is 0.407 e. The molecule has 0 bridgehead atoms. The molecule has 0 aliphatic carbocycles. The molecule has 0 aliphatic rings. The summed E-state index contributed by atoms with van der Waals surface area (Å²) in [7, 11) is 0. The highest BCUT2D eigenvalue weighted by molar-refractivity contribution is 5.94. The van der Waals surface area contributed by atoms with Crippen molar-refractivity contribution in [3.8, 4) is 0 Å². The normalized spacial score (nSPS) is 12.1. The van der Waals surface area contributed by atoms with Crippen LogP contribution in [0.1, 0.15) is 55.4 Å². The summed E-state index contributed by atoms with van der Waals surface area (Å²) >= 11 is 0. The van der Waals surface area contributed by atoms with Crippen molar-refractivity contribution in [3.05, 3.63) is 65.5 Å². The van der Waals surface area contributed by atoms with E-state index in [9.17, 15) is 29.1 Å². The van der Waals surface area contributed by atoms with Crippen molar-refractivity contribution in [2.45, 2.75) is 58.8 Å². The van der Waals surface area contributed by atoms with Gasteiger partial charge in [-0.1, -0.05) is 37.6 Å². The molecule has 2 aromatic carbocycles. The van der Waals surface area contributed by atoms with Crippen LogP contribution in [0.5, 0.6) is 0 Å². The first-order valence-corrected chi connectivity index (χ1v) is 14.3. The Morgan fingerprint density at radius 2 is 1.70 bits per heavy atom. The van der Waals surface area contributed by atoms with Gasteiger partial charge in [-0.25, -0.2) is 24.2 Å². The molecule has 14 nitrogen and oxygen atoms in total. The number of alkyl carbamates (subject to hydrolysis) is 1. The number of ether oxygens (including phenoxy) is 2. The first kappa shape index (κ1) is 33.4. The lowest BCUT2D eigenvalue weighted by Crippen LogP contribution is -2.48. The van der Waals surface area contributed by atoms with Crippen LogP contribution in [0, 0.1) is 0 Å². The maximum absolute atomic E-state index is 13.2. The summed E-state index contributed by atoms with van der Waals surface area (Å²) in [6.07, 6.45) is 0.580. The molecule has 1 aromatic heterocycles. The van der Waals surface area contributed by atoms with Gasteiger partial charge in [-0.3, -0.25) is 4.79 Å². The predicted molar refractivity (Wildman–Crippen MR) is 160 cm³/mol. The third-order valence-corrected chi connectivity index (χ3v) is 6.42. The van der Waals surface area contributed by atoms with Crippen LogP contribution in [0.25, 0.3) is 11.0 Å². The number of para-hydroxylation sites is 2. The van der Waals surface area contributed by atoms with Crippen LogP contribution in [0.2, 0.25) is 0 Å². The molecule has 4 amide bonds. The summed E-state index contributed by atoms with van der Waals surface area (Å²) in [4.78, 5) is 70.6. The maximum atomic E-state index is 13.2. The number of carboxylic acids is 1. The number of imidazole rings is 1. The van der Waals surface area contributed by atoms with Gasteiger partial charge in [-0.05, 0) is 50.1 Å². The summed E-state index contributed by atoms with van der Waals surface area (Å²) in [5.41, 5.74) is 2.47. The van der Waals surface area contributed by atoms with Gasteiger partial charge < -0.3 is 40.4 Å². The standard InChI is InChI=1S/C30H38N6O8/c1-4-6-15-44-30(42)35-24(27(38)39)16-31-26(37)21-13-11-20(12-14-21)17-36(29(41)32-19(3)28(40)43-5-2)18-25-33-22-9-7-8-10-23(22)34-25/h7-14,19,24H,4-6,15-18H2,1-3H3,(H,31,37)(H,32,41)(H,33,34)(H,35,42)(H,38,39). The number of nitrogens with zero attached hydrogens (tertiary/aromatic N) is 2. The average molecular weight is 611 g/mol. The number of hydrogen-bond donors (Lipinski definition) is 5. The summed E-state index contributed by atoms with van der Waals surface area (Å²) in [6, 6.07) is 11.0. The SMILES string of the molecule is CCCCOC(=O)NC(CNC(=O)c1ccc(CN(Cc2nc3ccccc3[nH]2)C(=O)NC(C)C(=O)OCC)cc1)C(=O)O. The number of rotatable bonds is 15. The minimum atomic E-state index is -1.38. The van der Waals surface area contributed by atoms with Crippen LogP contribution in [0.4, 0.5) is 9.59 Å². The number of amides is 4. The molecule has 0 saturated carbocycles. The monoisotopic (exact) mass is 610 g/mol. The fourth-order valence-electron chi connectivity index (χ4n) is 4.04. The van der Waals surface area contributed by atoms with Gasteiger partial charge in [-0.15, -0.1) is 0 Å². The van der Waals surface area contributed by atoms with Crippen molar-refractivity contribution >= 4 is 41.0 Å². The van der Waals surface area contributed by atoms with Crippen LogP contribution < -0.4 is 16.0 Å². The summed E-state index contributed by atoms with van der Waals surface area (Å²) in [5, 5.41) is 16.8. The first-order valence-electron chi connectivity index (χ1n) is 14.3. The molecule has 3 aromatic rings. The van der Waals surface area contributed by atoms with Gasteiger partial charge in [0.25, 0.3) is 5.91 Å². The van der Waals surface area contributed by atoms with E-state index >= 15 is 0 Å².